The molecule has 11 nitrogen and oxygen atoms in total. The average molecular weight is 475 g/mol. The number of carbonyl (C=O) groups excluding carboxylic acids is 1. The van der Waals surface area contributed by atoms with Crippen LogP contribution in [0.15, 0.2) is 47.4 Å². The second-order valence-corrected chi connectivity index (χ2v) is 9.31. The molecule has 1 N–H and O–H groups in total. The fraction of sp³-hybridized carbons (Fsp3) is 0.273. The summed E-state index contributed by atoms with van der Waals surface area (Å²) in [5.41, 5.74) is 5.08. The molecule has 5 aromatic rings. The van der Waals surface area contributed by atoms with E-state index >= 15 is 0 Å². The average Bonchev–Trinajstić information content (AvgIpc) is 3.62. The maximum Gasteiger partial charge on any atom is 0.312 e. The second-order valence-electron chi connectivity index (χ2n) is 8.34. The van der Waals surface area contributed by atoms with E-state index in [9.17, 15) is 4.79 Å². The monoisotopic (exact) mass is 475 g/mol. The lowest BCUT2D eigenvalue weighted by molar-refractivity contribution is 0.0646. The Morgan fingerprint density at radius 3 is 2.94 bits per heavy atom. The van der Waals surface area contributed by atoms with Crippen LogP contribution in [0.5, 0.6) is 0 Å². The van der Waals surface area contributed by atoms with Gasteiger partial charge in [-0.25, -0.2) is 9.50 Å². The third-order valence-electron chi connectivity index (χ3n) is 6.05. The molecule has 12 heteroatoms. The van der Waals surface area contributed by atoms with E-state index in [0.717, 1.165) is 28.2 Å². The number of nitrogens with zero attached hydrogens (tertiary/aromatic N) is 8. The Morgan fingerprint density at radius 2 is 2.15 bits per heavy atom. The molecule has 0 saturated carbocycles. The summed E-state index contributed by atoms with van der Waals surface area (Å²) in [6.07, 6.45) is 6.01. The van der Waals surface area contributed by atoms with Gasteiger partial charge in [-0.1, -0.05) is 6.07 Å². The maximum absolute atomic E-state index is 13.6. The van der Waals surface area contributed by atoms with Crippen molar-refractivity contribution in [2.75, 3.05) is 6.54 Å². The SMILES string of the molecule is Cc1cccn2nc([C@H]3c4nc[nH]c4CCN3C(=O)c3nnc(-c4ccn(C(C)P)n4)o3)cc12. The van der Waals surface area contributed by atoms with Crippen LogP contribution in [0.1, 0.15) is 52.1 Å². The van der Waals surface area contributed by atoms with Crippen molar-refractivity contribution in [2.24, 2.45) is 0 Å². The molecule has 0 fully saturated rings. The number of amides is 1. The number of pyridine rings is 1. The Balaban J connectivity index is 1.37. The van der Waals surface area contributed by atoms with Crippen LogP contribution in [0.25, 0.3) is 17.1 Å². The normalized spacial score (nSPS) is 16.7. The fourth-order valence-corrected chi connectivity index (χ4v) is 4.49. The molecular weight excluding hydrogens is 453 g/mol. The molecule has 0 aliphatic carbocycles. The van der Waals surface area contributed by atoms with Crippen molar-refractivity contribution >= 4 is 20.7 Å². The van der Waals surface area contributed by atoms with Crippen molar-refractivity contribution in [3.05, 3.63) is 71.5 Å². The number of rotatable bonds is 4. The van der Waals surface area contributed by atoms with Crippen LogP contribution >= 0.6 is 9.24 Å². The summed E-state index contributed by atoms with van der Waals surface area (Å²) in [5.74, 6) is -0.147. The molecule has 0 aromatic carbocycles. The first-order valence-electron chi connectivity index (χ1n) is 10.9. The number of H-pyrrole nitrogens is 1. The van der Waals surface area contributed by atoms with E-state index in [-0.39, 0.29) is 23.5 Å². The molecular formula is C22H22N9O2P. The molecule has 0 bridgehead atoms. The van der Waals surface area contributed by atoms with E-state index < -0.39 is 6.04 Å². The minimum atomic E-state index is -0.477. The lowest BCUT2D eigenvalue weighted by atomic mass is 9.99. The number of aryl methyl sites for hydroxylation is 1. The van der Waals surface area contributed by atoms with Crippen molar-refractivity contribution in [3.8, 4) is 11.6 Å². The Morgan fingerprint density at radius 1 is 1.26 bits per heavy atom. The topological polar surface area (TPSA) is 123 Å². The van der Waals surface area contributed by atoms with Crippen molar-refractivity contribution < 1.29 is 9.21 Å². The Bertz CT molecular complexity index is 1510. The predicted octanol–water partition coefficient (Wildman–Crippen LogP) is 2.79. The summed E-state index contributed by atoms with van der Waals surface area (Å²) < 4.78 is 9.34. The molecule has 172 valence electrons. The number of fused-ring (bicyclic) bond motifs is 2. The first-order chi connectivity index (χ1) is 16.5. The van der Waals surface area contributed by atoms with E-state index in [1.54, 1.807) is 22.0 Å². The van der Waals surface area contributed by atoms with Crippen molar-refractivity contribution in [1.82, 2.24) is 44.5 Å². The van der Waals surface area contributed by atoms with Crippen molar-refractivity contribution in [3.63, 3.8) is 0 Å². The van der Waals surface area contributed by atoms with Crippen LogP contribution in [0.2, 0.25) is 0 Å². The third kappa shape index (κ3) is 3.31. The number of aromatic nitrogens is 8. The van der Waals surface area contributed by atoms with Gasteiger partial charge in [0, 0.05) is 31.1 Å². The number of aromatic amines is 1. The van der Waals surface area contributed by atoms with Gasteiger partial charge < -0.3 is 14.3 Å². The number of hydrogen-bond donors (Lipinski definition) is 1. The summed E-state index contributed by atoms with van der Waals surface area (Å²) in [6.45, 7) is 4.48. The molecule has 1 aliphatic rings. The zero-order chi connectivity index (χ0) is 23.4. The van der Waals surface area contributed by atoms with Gasteiger partial charge in [0.05, 0.1) is 29.0 Å². The van der Waals surface area contributed by atoms with Gasteiger partial charge in [-0.2, -0.15) is 10.2 Å². The highest BCUT2D eigenvalue weighted by Crippen LogP contribution is 2.34. The summed E-state index contributed by atoms with van der Waals surface area (Å²) in [4.78, 5) is 23.0. The first kappa shape index (κ1) is 20.7. The first-order valence-corrected chi connectivity index (χ1v) is 11.6. The van der Waals surface area contributed by atoms with Gasteiger partial charge in [-0.15, -0.1) is 19.4 Å². The summed E-state index contributed by atoms with van der Waals surface area (Å²) in [7, 11) is 2.67. The molecule has 0 spiro atoms. The number of nitrogens with one attached hydrogen (secondary N) is 1. The smallest absolute Gasteiger partial charge is 0.312 e. The van der Waals surface area contributed by atoms with Gasteiger partial charge in [-0.3, -0.25) is 9.48 Å². The minimum Gasteiger partial charge on any atom is -0.411 e. The number of imidazole rings is 1. The van der Waals surface area contributed by atoms with Gasteiger partial charge in [-0.05, 0) is 37.6 Å². The van der Waals surface area contributed by atoms with Crippen LogP contribution in [0.4, 0.5) is 0 Å². The summed E-state index contributed by atoms with van der Waals surface area (Å²) in [5, 5.41) is 17.3. The van der Waals surface area contributed by atoms with Crippen molar-refractivity contribution in [2.45, 2.75) is 32.1 Å². The molecule has 1 aliphatic heterocycles. The standard InChI is InChI=1S/C22H22N9O2P/c1-12-4-3-7-31-17(12)10-16(28-31)19-18-14(23-11-24-18)5-8-29(19)22(32)21-26-25-20(33-21)15-6-9-30(27-15)13(2)34/h3-4,6-7,9-11,13,19H,5,8,34H2,1-2H3,(H,23,24)/t13?,19-/m0/s1. The minimum absolute atomic E-state index is 0.0904. The zero-order valence-electron chi connectivity index (χ0n) is 18.6. The quantitative estimate of drug-likeness (QED) is 0.397. The van der Waals surface area contributed by atoms with Crippen LogP contribution in [0, 0.1) is 6.92 Å². The fourth-order valence-electron chi connectivity index (χ4n) is 4.32. The Labute approximate surface area is 196 Å². The largest absolute Gasteiger partial charge is 0.411 e. The molecule has 6 rings (SSSR count). The predicted molar refractivity (Wildman–Crippen MR) is 125 cm³/mol. The second kappa shape index (κ2) is 7.88. The highest BCUT2D eigenvalue weighted by Gasteiger charge is 2.38. The maximum atomic E-state index is 13.6. The Hall–Kier alpha value is -3.85. The molecule has 0 saturated heterocycles. The molecule has 5 aromatic heterocycles. The van der Waals surface area contributed by atoms with Gasteiger partial charge in [0.25, 0.3) is 5.89 Å². The highest BCUT2D eigenvalue weighted by molar-refractivity contribution is 7.16. The molecule has 1 amide bonds. The number of hydrogen-bond acceptors (Lipinski definition) is 7. The van der Waals surface area contributed by atoms with E-state index in [1.807, 2.05) is 49.0 Å². The van der Waals surface area contributed by atoms with Crippen molar-refractivity contribution in [1.29, 1.82) is 0 Å². The van der Waals surface area contributed by atoms with E-state index in [2.05, 4.69) is 34.5 Å². The molecule has 0 radical (unpaired) electrons. The Kier molecular flexibility index (Phi) is 4.80. The lowest BCUT2D eigenvalue weighted by Crippen LogP contribution is -2.41. The van der Waals surface area contributed by atoms with Gasteiger partial charge >= 0.3 is 11.8 Å². The van der Waals surface area contributed by atoms with Gasteiger partial charge in [0.15, 0.2) is 0 Å². The van der Waals surface area contributed by atoms with E-state index in [4.69, 9.17) is 9.52 Å². The van der Waals surface area contributed by atoms with Gasteiger partial charge in [0.1, 0.15) is 11.7 Å². The van der Waals surface area contributed by atoms with Gasteiger partial charge in [0.2, 0.25) is 0 Å². The molecule has 3 atom stereocenters. The highest BCUT2D eigenvalue weighted by atomic mass is 31.0. The van der Waals surface area contributed by atoms with Crippen LogP contribution in [-0.2, 0) is 6.42 Å². The van der Waals surface area contributed by atoms with E-state index in [1.165, 1.54) is 0 Å². The van der Waals surface area contributed by atoms with Crippen LogP contribution in [-0.4, -0.2) is 56.9 Å². The lowest BCUT2D eigenvalue weighted by Gasteiger charge is -2.32. The molecule has 2 unspecified atom stereocenters. The zero-order valence-corrected chi connectivity index (χ0v) is 19.7. The van der Waals surface area contributed by atoms with Crippen LogP contribution in [0.3, 0.4) is 0 Å². The number of carbonyl (C=O) groups is 1. The summed E-state index contributed by atoms with van der Waals surface area (Å²) >= 11 is 0. The molecule has 34 heavy (non-hydrogen) atoms. The molecule has 6 heterocycles. The third-order valence-corrected chi connectivity index (χ3v) is 6.36. The van der Waals surface area contributed by atoms with Crippen LogP contribution < -0.4 is 0 Å². The van der Waals surface area contributed by atoms with E-state index in [0.29, 0.717) is 18.7 Å². The summed E-state index contributed by atoms with van der Waals surface area (Å²) in [6, 6.07) is 7.28.